The Hall–Kier alpha value is -2.86. The fourth-order valence-electron chi connectivity index (χ4n) is 3.27. The molecule has 3 aromatic rings. The lowest BCUT2D eigenvalue weighted by Gasteiger charge is -2.34. The zero-order valence-corrected chi connectivity index (χ0v) is 15.2. The van der Waals surface area contributed by atoms with E-state index in [2.05, 4.69) is 4.98 Å². The van der Waals surface area contributed by atoms with Crippen LogP contribution in [0.15, 0.2) is 48.5 Å². The topological polar surface area (TPSA) is 56.4 Å². The van der Waals surface area contributed by atoms with Gasteiger partial charge in [-0.1, -0.05) is 17.7 Å². The molecule has 1 fully saturated rings. The van der Waals surface area contributed by atoms with Crippen molar-refractivity contribution in [3.63, 3.8) is 0 Å². The molecule has 5 nitrogen and oxygen atoms in total. The maximum atomic E-state index is 13.0. The molecule has 2 aromatic carbocycles. The summed E-state index contributed by atoms with van der Waals surface area (Å²) in [4.78, 5) is 31.8. The fraction of sp³-hybridized carbons (Fsp3) is 0.200. The zero-order valence-electron chi connectivity index (χ0n) is 14.4. The van der Waals surface area contributed by atoms with Gasteiger partial charge in [0.2, 0.25) is 0 Å². The van der Waals surface area contributed by atoms with Gasteiger partial charge in [0.25, 0.3) is 11.8 Å². The van der Waals surface area contributed by atoms with Gasteiger partial charge in [-0.2, -0.15) is 0 Å². The summed E-state index contributed by atoms with van der Waals surface area (Å²) in [6, 6.07) is 12.7. The van der Waals surface area contributed by atoms with Gasteiger partial charge in [0, 0.05) is 47.7 Å². The monoisotopic (exact) mass is 385 g/mol. The van der Waals surface area contributed by atoms with Crippen LogP contribution in [0.4, 0.5) is 4.39 Å². The number of piperazine rings is 1. The molecule has 0 aliphatic carbocycles. The lowest BCUT2D eigenvalue weighted by molar-refractivity contribution is 0.0533. The molecule has 0 saturated carbocycles. The Balaban J connectivity index is 1.42. The third-order valence-corrected chi connectivity index (χ3v) is 5.00. The lowest BCUT2D eigenvalue weighted by Crippen LogP contribution is -2.50. The quantitative estimate of drug-likeness (QED) is 0.733. The smallest absolute Gasteiger partial charge is 0.270 e. The number of hydrogen-bond acceptors (Lipinski definition) is 2. The first-order valence-corrected chi connectivity index (χ1v) is 9.01. The molecule has 0 radical (unpaired) electrons. The molecule has 0 atom stereocenters. The van der Waals surface area contributed by atoms with Crippen molar-refractivity contribution in [2.45, 2.75) is 0 Å². The van der Waals surface area contributed by atoms with Crippen molar-refractivity contribution in [3.8, 4) is 0 Å². The van der Waals surface area contributed by atoms with Gasteiger partial charge in [0.15, 0.2) is 0 Å². The highest BCUT2D eigenvalue weighted by molar-refractivity contribution is 6.31. The number of benzene rings is 2. The van der Waals surface area contributed by atoms with Crippen molar-refractivity contribution >= 4 is 34.3 Å². The van der Waals surface area contributed by atoms with Crippen LogP contribution in [0.1, 0.15) is 20.8 Å². The molecular formula is C20H17ClFN3O2. The second-order valence-corrected chi connectivity index (χ2v) is 6.94. The van der Waals surface area contributed by atoms with Crippen molar-refractivity contribution in [2.24, 2.45) is 0 Å². The summed E-state index contributed by atoms with van der Waals surface area (Å²) in [5.41, 5.74) is 1.77. The van der Waals surface area contributed by atoms with Gasteiger partial charge < -0.3 is 14.8 Å². The standard InChI is InChI=1S/C20H17ClFN3O2/c21-15-4-1-14-11-18(23-17(14)12-15)20(27)25-9-7-24(8-10-25)19(26)13-2-5-16(22)6-3-13/h1-6,11-12,23H,7-10H2. The first kappa shape index (κ1) is 17.5. The fourth-order valence-corrected chi connectivity index (χ4v) is 3.44. The number of halogens is 2. The van der Waals surface area contributed by atoms with E-state index < -0.39 is 0 Å². The molecule has 2 amide bonds. The molecule has 7 heteroatoms. The molecule has 0 unspecified atom stereocenters. The average Bonchev–Trinajstić information content (AvgIpc) is 3.11. The first-order valence-electron chi connectivity index (χ1n) is 8.64. The van der Waals surface area contributed by atoms with Crippen LogP contribution >= 0.6 is 11.6 Å². The largest absolute Gasteiger partial charge is 0.350 e. The number of nitrogens with zero attached hydrogens (tertiary/aromatic N) is 2. The van der Waals surface area contributed by atoms with Crippen LogP contribution in [0.5, 0.6) is 0 Å². The SMILES string of the molecule is O=C(c1ccc(F)cc1)N1CCN(C(=O)c2cc3ccc(Cl)cc3[nH]2)CC1. The Kier molecular flexibility index (Phi) is 4.58. The Morgan fingerprint density at radius 3 is 2.19 bits per heavy atom. The maximum absolute atomic E-state index is 13.0. The molecule has 1 aromatic heterocycles. The normalized spacial score (nSPS) is 14.6. The summed E-state index contributed by atoms with van der Waals surface area (Å²) < 4.78 is 13.0. The van der Waals surface area contributed by atoms with Crippen molar-refractivity contribution in [2.75, 3.05) is 26.2 Å². The molecule has 0 spiro atoms. The number of rotatable bonds is 2. The number of fused-ring (bicyclic) bond motifs is 1. The summed E-state index contributed by atoms with van der Waals surface area (Å²) in [6.07, 6.45) is 0. The maximum Gasteiger partial charge on any atom is 0.270 e. The number of amides is 2. The summed E-state index contributed by atoms with van der Waals surface area (Å²) in [7, 11) is 0. The Morgan fingerprint density at radius 1 is 0.889 bits per heavy atom. The van der Waals surface area contributed by atoms with Crippen LogP contribution in [0.3, 0.4) is 0 Å². The van der Waals surface area contributed by atoms with Gasteiger partial charge in [-0.05, 0) is 42.5 Å². The third kappa shape index (κ3) is 3.53. The molecule has 0 bridgehead atoms. The number of carbonyl (C=O) groups is 2. The van der Waals surface area contributed by atoms with Crippen LogP contribution in [0.25, 0.3) is 10.9 Å². The molecule has 1 saturated heterocycles. The molecule has 1 N–H and O–H groups in total. The molecular weight excluding hydrogens is 369 g/mol. The highest BCUT2D eigenvalue weighted by Gasteiger charge is 2.26. The highest BCUT2D eigenvalue weighted by Crippen LogP contribution is 2.21. The third-order valence-electron chi connectivity index (χ3n) is 4.76. The van der Waals surface area contributed by atoms with E-state index in [1.54, 1.807) is 21.9 Å². The van der Waals surface area contributed by atoms with Gasteiger partial charge in [-0.15, -0.1) is 0 Å². The van der Waals surface area contributed by atoms with Crippen molar-refractivity contribution in [3.05, 3.63) is 70.6 Å². The number of aromatic amines is 1. The van der Waals surface area contributed by atoms with Crippen LogP contribution in [-0.4, -0.2) is 52.8 Å². The summed E-state index contributed by atoms with van der Waals surface area (Å²) in [5.74, 6) is -0.625. The van der Waals surface area contributed by atoms with Crippen molar-refractivity contribution in [1.29, 1.82) is 0 Å². The predicted molar refractivity (Wildman–Crippen MR) is 102 cm³/mol. The number of nitrogens with one attached hydrogen (secondary N) is 1. The van der Waals surface area contributed by atoms with Gasteiger partial charge in [0.1, 0.15) is 11.5 Å². The average molecular weight is 386 g/mol. The van der Waals surface area contributed by atoms with Gasteiger partial charge in [-0.3, -0.25) is 9.59 Å². The van der Waals surface area contributed by atoms with Crippen LogP contribution in [0.2, 0.25) is 5.02 Å². The van der Waals surface area contributed by atoms with E-state index in [4.69, 9.17) is 11.6 Å². The minimum absolute atomic E-state index is 0.101. The first-order chi connectivity index (χ1) is 13.0. The Bertz CT molecular complexity index is 1010. The molecule has 1 aliphatic rings. The van der Waals surface area contributed by atoms with E-state index in [0.717, 1.165) is 10.9 Å². The minimum atomic E-state index is -0.374. The van der Waals surface area contributed by atoms with Crippen LogP contribution < -0.4 is 0 Å². The number of carbonyl (C=O) groups excluding carboxylic acids is 2. The van der Waals surface area contributed by atoms with Crippen molar-refractivity contribution < 1.29 is 14.0 Å². The summed E-state index contributed by atoms with van der Waals surface area (Å²) in [5, 5.41) is 1.53. The Morgan fingerprint density at radius 2 is 1.52 bits per heavy atom. The molecule has 138 valence electrons. The van der Waals surface area contributed by atoms with E-state index in [-0.39, 0.29) is 17.6 Å². The van der Waals surface area contributed by atoms with Crippen LogP contribution in [0, 0.1) is 5.82 Å². The highest BCUT2D eigenvalue weighted by atomic mass is 35.5. The lowest BCUT2D eigenvalue weighted by atomic mass is 10.1. The molecule has 1 aliphatic heterocycles. The van der Waals surface area contributed by atoms with Gasteiger partial charge in [-0.25, -0.2) is 4.39 Å². The molecule has 4 rings (SSSR count). The second-order valence-electron chi connectivity index (χ2n) is 6.51. The zero-order chi connectivity index (χ0) is 19.0. The van der Waals surface area contributed by atoms with Gasteiger partial charge in [0.05, 0.1) is 0 Å². The number of hydrogen-bond donors (Lipinski definition) is 1. The number of aromatic nitrogens is 1. The second kappa shape index (κ2) is 7.04. The summed E-state index contributed by atoms with van der Waals surface area (Å²) in [6.45, 7) is 1.77. The Labute approximate surface area is 160 Å². The summed E-state index contributed by atoms with van der Waals surface area (Å²) >= 11 is 5.99. The van der Waals surface area contributed by atoms with Gasteiger partial charge >= 0.3 is 0 Å². The molecule has 27 heavy (non-hydrogen) atoms. The van der Waals surface area contributed by atoms with E-state index in [9.17, 15) is 14.0 Å². The van der Waals surface area contributed by atoms with E-state index in [0.29, 0.717) is 42.5 Å². The van der Waals surface area contributed by atoms with Crippen LogP contribution in [-0.2, 0) is 0 Å². The van der Waals surface area contributed by atoms with E-state index in [1.807, 2.05) is 12.1 Å². The van der Waals surface area contributed by atoms with E-state index in [1.165, 1.54) is 24.3 Å². The van der Waals surface area contributed by atoms with E-state index >= 15 is 0 Å². The minimum Gasteiger partial charge on any atom is -0.350 e. The predicted octanol–water partition coefficient (Wildman–Crippen LogP) is 3.56. The number of H-pyrrole nitrogens is 1. The van der Waals surface area contributed by atoms with Crippen molar-refractivity contribution in [1.82, 2.24) is 14.8 Å². The molecule has 2 heterocycles.